The highest BCUT2D eigenvalue weighted by molar-refractivity contribution is 5.87. The van der Waals surface area contributed by atoms with Crippen molar-refractivity contribution >= 4 is 17.9 Å². The lowest BCUT2D eigenvalue weighted by atomic mass is 10.2. The zero-order chi connectivity index (χ0) is 17.0. The number of amides is 1. The van der Waals surface area contributed by atoms with Gasteiger partial charge in [-0.3, -0.25) is 0 Å². The fourth-order valence-electron chi connectivity index (χ4n) is 2.26. The van der Waals surface area contributed by atoms with E-state index < -0.39 is 11.6 Å². The molecule has 1 amide bonds. The van der Waals surface area contributed by atoms with Crippen molar-refractivity contribution in [3.8, 4) is 0 Å². The molecule has 0 unspecified atom stereocenters. The van der Waals surface area contributed by atoms with Crippen molar-refractivity contribution in [3.05, 3.63) is 23.9 Å². The Kier molecular flexibility index (Phi) is 5.08. The van der Waals surface area contributed by atoms with Gasteiger partial charge in [0.25, 0.3) is 0 Å². The molecular weight excluding hydrogens is 298 g/mol. The molecule has 0 aromatic carbocycles. The highest BCUT2D eigenvalue weighted by Crippen LogP contribution is 2.16. The number of piperazine rings is 1. The molecule has 1 aromatic heterocycles. The maximum atomic E-state index is 12.0. The Hall–Kier alpha value is -2.31. The summed E-state index contributed by atoms with van der Waals surface area (Å²) < 4.78 is 10.1. The molecule has 0 saturated carbocycles. The molecule has 2 heterocycles. The van der Waals surface area contributed by atoms with E-state index in [-0.39, 0.29) is 11.8 Å². The molecular formula is C16H23N3O4. The molecule has 23 heavy (non-hydrogen) atoms. The number of carbonyl (C=O) groups is 2. The predicted octanol–water partition coefficient (Wildman–Crippen LogP) is 1.93. The number of carbonyl (C=O) groups excluding carboxylic acids is 2. The molecule has 0 radical (unpaired) electrons. The Labute approximate surface area is 136 Å². The van der Waals surface area contributed by atoms with E-state index in [2.05, 4.69) is 9.72 Å². The Morgan fingerprint density at radius 1 is 1.13 bits per heavy atom. The summed E-state index contributed by atoms with van der Waals surface area (Å²) in [6.07, 6.45) is -0.298. The van der Waals surface area contributed by atoms with Gasteiger partial charge in [-0.1, -0.05) is 6.07 Å². The van der Waals surface area contributed by atoms with Crippen LogP contribution in [0, 0.1) is 0 Å². The highest BCUT2D eigenvalue weighted by Gasteiger charge is 2.26. The summed E-state index contributed by atoms with van der Waals surface area (Å²) in [5.74, 6) is 0.246. The van der Waals surface area contributed by atoms with Gasteiger partial charge in [0.15, 0.2) is 5.69 Å². The fourth-order valence-corrected chi connectivity index (χ4v) is 2.26. The average Bonchev–Trinajstić information content (AvgIpc) is 2.53. The summed E-state index contributed by atoms with van der Waals surface area (Å²) in [7, 11) is 1.33. The van der Waals surface area contributed by atoms with Crippen molar-refractivity contribution in [1.29, 1.82) is 0 Å². The number of methoxy groups -OCH3 is 1. The number of hydrogen-bond acceptors (Lipinski definition) is 6. The topological polar surface area (TPSA) is 72.0 Å². The third kappa shape index (κ3) is 4.58. The van der Waals surface area contributed by atoms with Crippen LogP contribution < -0.4 is 4.90 Å². The summed E-state index contributed by atoms with van der Waals surface area (Å²) in [5.41, 5.74) is -0.218. The van der Waals surface area contributed by atoms with Crippen molar-refractivity contribution in [2.75, 3.05) is 38.2 Å². The molecule has 126 valence electrons. The molecule has 0 N–H and O–H groups in total. The van der Waals surface area contributed by atoms with E-state index in [1.54, 1.807) is 17.0 Å². The summed E-state index contributed by atoms with van der Waals surface area (Å²) in [5, 5.41) is 0. The fraction of sp³-hybridized carbons (Fsp3) is 0.562. The van der Waals surface area contributed by atoms with Crippen molar-refractivity contribution in [2.24, 2.45) is 0 Å². The summed E-state index contributed by atoms with van der Waals surface area (Å²) in [6, 6.07) is 5.23. The monoisotopic (exact) mass is 321 g/mol. The van der Waals surface area contributed by atoms with Gasteiger partial charge < -0.3 is 19.3 Å². The van der Waals surface area contributed by atoms with Crippen LogP contribution in [0.3, 0.4) is 0 Å². The first-order valence-electron chi connectivity index (χ1n) is 7.58. The Bertz CT molecular complexity index is 575. The first-order valence-corrected chi connectivity index (χ1v) is 7.58. The van der Waals surface area contributed by atoms with Crippen molar-refractivity contribution in [3.63, 3.8) is 0 Å². The Balaban J connectivity index is 1.97. The Morgan fingerprint density at radius 3 is 2.35 bits per heavy atom. The highest BCUT2D eigenvalue weighted by atomic mass is 16.6. The molecule has 1 aliphatic heterocycles. The largest absolute Gasteiger partial charge is 0.464 e. The summed E-state index contributed by atoms with van der Waals surface area (Å²) in [4.78, 5) is 31.6. The minimum Gasteiger partial charge on any atom is -0.464 e. The SMILES string of the molecule is COC(=O)c1cccc(N2CCN(C(=O)OC(C)(C)C)CC2)n1. The van der Waals surface area contributed by atoms with Crippen molar-refractivity contribution in [1.82, 2.24) is 9.88 Å². The number of aromatic nitrogens is 1. The Morgan fingerprint density at radius 2 is 1.78 bits per heavy atom. The maximum absolute atomic E-state index is 12.0. The normalized spacial score (nSPS) is 15.3. The zero-order valence-electron chi connectivity index (χ0n) is 14.0. The van der Waals surface area contributed by atoms with Gasteiger partial charge in [-0.05, 0) is 32.9 Å². The lowest BCUT2D eigenvalue weighted by Gasteiger charge is -2.36. The molecule has 7 heteroatoms. The number of pyridine rings is 1. The van der Waals surface area contributed by atoms with E-state index in [9.17, 15) is 9.59 Å². The number of anilines is 1. The van der Waals surface area contributed by atoms with Crippen LogP contribution >= 0.6 is 0 Å². The molecule has 1 fully saturated rings. The minimum atomic E-state index is -0.495. The van der Waals surface area contributed by atoms with Crippen LogP contribution in [0.1, 0.15) is 31.3 Å². The van der Waals surface area contributed by atoms with Gasteiger partial charge in [0.2, 0.25) is 0 Å². The van der Waals surface area contributed by atoms with Crippen LogP contribution in [0.5, 0.6) is 0 Å². The van der Waals surface area contributed by atoms with Crippen LogP contribution in [0.4, 0.5) is 10.6 Å². The number of ether oxygens (including phenoxy) is 2. The summed E-state index contributed by atoms with van der Waals surface area (Å²) in [6.45, 7) is 7.93. The smallest absolute Gasteiger partial charge is 0.410 e. The van der Waals surface area contributed by atoms with Gasteiger partial charge in [-0.25, -0.2) is 14.6 Å². The standard InChI is InChI=1S/C16H23N3O4/c1-16(2,3)23-15(21)19-10-8-18(9-11-19)13-7-5-6-12(17-13)14(20)22-4/h5-7H,8-11H2,1-4H3. The van der Waals surface area contributed by atoms with E-state index in [1.165, 1.54) is 7.11 Å². The molecule has 1 aromatic rings. The lowest BCUT2D eigenvalue weighted by Crippen LogP contribution is -2.50. The van der Waals surface area contributed by atoms with Gasteiger partial charge in [-0.15, -0.1) is 0 Å². The number of nitrogens with zero attached hydrogens (tertiary/aromatic N) is 3. The first kappa shape index (κ1) is 17.1. The van der Waals surface area contributed by atoms with Gasteiger partial charge in [-0.2, -0.15) is 0 Å². The van der Waals surface area contributed by atoms with E-state index >= 15 is 0 Å². The molecule has 7 nitrogen and oxygen atoms in total. The molecule has 1 saturated heterocycles. The van der Waals surface area contributed by atoms with Crippen LogP contribution in [0.25, 0.3) is 0 Å². The van der Waals surface area contributed by atoms with Gasteiger partial charge in [0.05, 0.1) is 7.11 Å². The third-order valence-electron chi connectivity index (χ3n) is 3.38. The number of hydrogen-bond donors (Lipinski definition) is 0. The van der Waals surface area contributed by atoms with E-state index in [0.717, 1.165) is 0 Å². The van der Waals surface area contributed by atoms with Crippen LogP contribution in [-0.2, 0) is 9.47 Å². The average molecular weight is 321 g/mol. The second kappa shape index (κ2) is 6.85. The van der Waals surface area contributed by atoms with Crippen molar-refractivity contribution < 1.29 is 19.1 Å². The number of rotatable bonds is 2. The first-order chi connectivity index (χ1) is 10.8. The second-order valence-corrected chi connectivity index (χ2v) is 6.33. The predicted molar refractivity (Wildman–Crippen MR) is 85.6 cm³/mol. The minimum absolute atomic E-state index is 0.277. The molecule has 0 bridgehead atoms. The molecule has 0 spiro atoms. The summed E-state index contributed by atoms with van der Waals surface area (Å²) >= 11 is 0. The van der Waals surface area contributed by atoms with E-state index in [1.807, 2.05) is 31.7 Å². The third-order valence-corrected chi connectivity index (χ3v) is 3.38. The lowest BCUT2D eigenvalue weighted by molar-refractivity contribution is 0.0240. The van der Waals surface area contributed by atoms with Crippen molar-refractivity contribution in [2.45, 2.75) is 26.4 Å². The molecule has 0 aliphatic carbocycles. The quantitative estimate of drug-likeness (QED) is 0.775. The molecule has 1 aliphatic rings. The van der Waals surface area contributed by atoms with Crippen LogP contribution in [0.2, 0.25) is 0 Å². The number of esters is 1. The van der Waals surface area contributed by atoms with Crippen LogP contribution in [-0.4, -0.2) is 60.8 Å². The van der Waals surface area contributed by atoms with Gasteiger partial charge in [0.1, 0.15) is 11.4 Å². The molecule has 2 rings (SSSR count). The van der Waals surface area contributed by atoms with Crippen LogP contribution in [0.15, 0.2) is 18.2 Å². The second-order valence-electron chi connectivity index (χ2n) is 6.33. The van der Waals surface area contributed by atoms with E-state index in [4.69, 9.17) is 4.74 Å². The van der Waals surface area contributed by atoms with E-state index in [0.29, 0.717) is 32.0 Å². The van der Waals surface area contributed by atoms with Gasteiger partial charge >= 0.3 is 12.1 Å². The molecule has 0 atom stereocenters. The maximum Gasteiger partial charge on any atom is 0.410 e. The van der Waals surface area contributed by atoms with Gasteiger partial charge in [0, 0.05) is 26.2 Å². The zero-order valence-corrected chi connectivity index (χ0v) is 14.0.